The summed E-state index contributed by atoms with van der Waals surface area (Å²) in [5, 5.41) is 14.2. The minimum Gasteiger partial charge on any atom is -0.342 e. The Balaban J connectivity index is 1.76. The number of thioether (sulfide) groups is 1. The van der Waals surface area contributed by atoms with E-state index >= 15 is 0 Å². The van der Waals surface area contributed by atoms with Crippen LogP contribution in [0.15, 0.2) is 41.6 Å². The van der Waals surface area contributed by atoms with Crippen LogP contribution in [0.1, 0.15) is 41.6 Å². The van der Waals surface area contributed by atoms with E-state index in [1.165, 1.54) is 11.8 Å². The molecule has 0 aliphatic rings. The van der Waals surface area contributed by atoms with Crippen molar-refractivity contribution >= 4 is 64.1 Å². The SMILES string of the molecule is CC(C)[C@@H](NC(=O)c1ccc(Cl)cc1Cl)c1nnc(SCc2ccc(Cl)c(Cl)c2)n1C. The number of halogens is 4. The second-order valence-corrected chi connectivity index (χ2v) is 9.86. The van der Waals surface area contributed by atoms with E-state index in [1.54, 1.807) is 24.3 Å². The largest absolute Gasteiger partial charge is 0.342 e. The number of carbonyl (C=O) groups is 1. The molecule has 0 aliphatic heterocycles. The lowest BCUT2D eigenvalue weighted by atomic mass is 10.0. The van der Waals surface area contributed by atoms with Crippen molar-refractivity contribution in [2.24, 2.45) is 13.0 Å². The molecule has 31 heavy (non-hydrogen) atoms. The van der Waals surface area contributed by atoms with E-state index in [0.29, 0.717) is 37.2 Å². The molecule has 164 valence electrons. The fourth-order valence-electron chi connectivity index (χ4n) is 2.92. The van der Waals surface area contributed by atoms with Gasteiger partial charge in [0.1, 0.15) is 0 Å². The van der Waals surface area contributed by atoms with E-state index in [0.717, 1.165) is 10.7 Å². The molecule has 0 saturated heterocycles. The third-order valence-corrected chi connectivity index (χ3v) is 7.01. The molecule has 10 heteroatoms. The first-order valence-electron chi connectivity index (χ1n) is 9.39. The Kier molecular flexibility index (Phi) is 8.16. The molecule has 0 saturated carbocycles. The molecule has 2 aromatic carbocycles. The first kappa shape index (κ1) is 24.2. The summed E-state index contributed by atoms with van der Waals surface area (Å²) in [5.41, 5.74) is 1.38. The molecule has 3 rings (SSSR count). The van der Waals surface area contributed by atoms with Crippen molar-refractivity contribution in [2.75, 3.05) is 0 Å². The maximum atomic E-state index is 12.8. The first-order chi connectivity index (χ1) is 14.7. The molecule has 0 bridgehead atoms. The number of nitrogens with zero attached hydrogens (tertiary/aromatic N) is 3. The average Bonchev–Trinajstić information content (AvgIpc) is 3.06. The summed E-state index contributed by atoms with van der Waals surface area (Å²) in [4.78, 5) is 12.8. The van der Waals surface area contributed by atoms with Crippen molar-refractivity contribution in [2.45, 2.75) is 30.8 Å². The third-order valence-electron chi connectivity index (χ3n) is 4.63. The quantitative estimate of drug-likeness (QED) is 0.348. The lowest BCUT2D eigenvalue weighted by Gasteiger charge is -2.22. The van der Waals surface area contributed by atoms with Gasteiger partial charge in [-0.15, -0.1) is 10.2 Å². The van der Waals surface area contributed by atoms with Gasteiger partial charge in [0, 0.05) is 17.8 Å². The molecule has 3 aromatic rings. The Labute approximate surface area is 205 Å². The van der Waals surface area contributed by atoms with Gasteiger partial charge in [-0.3, -0.25) is 4.79 Å². The number of aromatic nitrogens is 3. The third kappa shape index (κ3) is 5.88. The highest BCUT2D eigenvalue weighted by molar-refractivity contribution is 7.98. The molecule has 0 unspecified atom stereocenters. The van der Waals surface area contributed by atoms with Crippen LogP contribution in [0.25, 0.3) is 0 Å². The van der Waals surface area contributed by atoms with E-state index in [9.17, 15) is 4.79 Å². The Morgan fingerprint density at radius 3 is 2.42 bits per heavy atom. The van der Waals surface area contributed by atoms with Crippen LogP contribution in [0.3, 0.4) is 0 Å². The summed E-state index contributed by atoms with van der Waals surface area (Å²) in [6.45, 7) is 4.01. The van der Waals surface area contributed by atoms with E-state index < -0.39 is 0 Å². The number of nitrogens with one attached hydrogen (secondary N) is 1. The molecule has 1 aromatic heterocycles. The van der Waals surface area contributed by atoms with Crippen LogP contribution >= 0.6 is 58.2 Å². The topological polar surface area (TPSA) is 59.8 Å². The maximum Gasteiger partial charge on any atom is 0.253 e. The van der Waals surface area contributed by atoms with Crippen LogP contribution in [-0.2, 0) is 12.8 Å². The molecule has 1 amide bonds. The predicted molar refractivity (Wildman–Crippen MR) is 129 cm³/mol. The van der Waals surface area contributed by atoms with Crippen molar-refractivity contribution in [3.63, 3.8) is 0 Å². The van der Waals surface area contributed by atoms with Gasteiger partial charge in [0.2, 0.25) is 0 Å². The van der Waals surface area contributed by atoms with Gasteiger partial charge in [0.05, 0.1) is 26.7 Å². The Morgan fingerprint density at radius 2 is 1.77 bits per heavy atom. The summed E-state index contributed by atoms with van der Waals surface area (Å²) < 4.78 is 1.89. The van der Waals surface area contributed by atoms with Gasteiger partial charge in [0.15, 0.2) is 11.0 Å². The molecule has 1 N–H and O–H groups in total. The van der Waals surface area contributed by atoms with Gasteiger partial charge in [-0.2, -0.15) is 0 Å². The summed E-state index contributed by atoms with van der Waals surface area (Å²) in [7, 11) is 1.88. The smallest absolute Gasteiger partial charge is 0.253 e. The Morgan fingerprint density at radius 1 is 1.03 bits per heavy atom. The molecule has 0 fully saturated rings. The summed E-state index contributed by atoms with van der Waals surface area (Å²) in [5.74, 6) is 1.09. The zero-order chi connectivity index (χ0) is 22.7. The van der Waals surface area contributed by atoms with Gasteiger partial charge < -0.3 is 9.88 Å². The molecule has 0 aliphatic carbocycles. The van der Waals surface area contributed by atoms with Gasteiger partial charge in [-0.05, 0) is 41.8 Å². The van der Waals surface area contributed by atoms with E-state index in [1.807, 2.05) is 37.6 Å². The van der Waals surface area contributed by atoms with Crippen molar-refractivity contribution in [1.29, 1.82) is 0 Å². The van der Waals surface area contributed by atoms with Crippen LogP contribution in [0.4, 0.5) is 0 Å². The highest BCUT2D eigenvalue weighted by atomic mass is 35.5. The van der Waals surface area contributed by atoms with Crippen molar-refractivity contribution < 1.29 is 4.79 Å². The summed E-state index contributed by atoms with van der Waals surface area (Å²) in [6, 6.07) is 9.96. The highest BCUT2D eigenvalue weighted by Crippen LogP contribution is 2.29. The second-order valence-electron chi connectivity index (χ2n) is 7.26. The fraction of sp³-hybridized carbons (Fsp3) is 0.286. The standard InChI is InChI=1S/C21H20Cl4N4OS/c1-11(2)18(26-20(30)14-6-5-13(22)9-16(14)24)19-27-28-21(29(19)3)31-10-12-4-7-15(23)17(25)8-12/h4-9,11,18H,10H2,1-3H3,(H,26,30)/t18-/m1/s1. The second kappa shape index (κ2) is 10.5. The van der Waals surface area contributed by atoms with Crippen LogP contribution in [0.5, 0.6) is 0 Å². The number of amides is 1. The highest BCUT2D eigenvalue weighted by Gasteiger charge is 2.26. The Bertz CT molecular complexity index is 1100. The zero-order valence-corrected chi connectivity index (χ0v) is 20.8. The summed E-state index contributed by atoms with van der Waals surface area (Å²) in [6.07, 6.45) is 0. The number of rotatable bonds is 7. The lowest BCUT2D eigenvalue weighted by Crippen LogP contribution is -2.33. The van der Waals surface area contributed by atoms with Gasteiger partial charge in [-0.1, -0.05) is 78.1 Å². The first-order valence-corrected chi connectivity index (χ1v) is 11.9. The fourth-order valence-corrected chi connectivity index (χ4v) is 4.60. The van der Waals surface area contributed by atoms with E-state index in [4.69, 9.17) is 46.4 Å². The van der Waals surface area contributed by atoms with Crippen LogP contribution in [-0.4, -0.2) is 20.7 Å². The van der Waals surface area contributed by atoms with Crippen molar-refractivity contribution in [1.82, 2.24) is 20.1 Å². The average molecular weight is 518 g/mol. The number of benzene rings is 2. The molecule has 0 spiro atoms. The van der Waals surface area contributed by atoms with Crippen LogP contribution in [0.2, 0.25) is 20.1 Å². The predicted octanol–water partition coefficient (Wildman–Crippen LogP) is 6.85. The molecule has 1 heterocycles. The molecule has 0 radical (unpaired) electrons. The maximum absolute atomic E-state index is 12.8. The van der Waals surface area contributed by atoms with E-state index in [-0.39, 0.29) is 17.9 Å². The summed E-state index contributed by atoms with van der Waals surface area (Å²) >= 11 is 25.7. The molecule has 5 nitrogen and oxygen atoms in total. The molecular formula is C21H20Cl4N4OS. The number of carbonyl (C=O) groups excluding carboxylic acids is 1. The molecular weight excluding hydrogens is 498 g/mol. The molecule has 1 atom stereocenters. The lowest BCUT2D eigenvalue weighted by molar-refractivity contribution is 0.0922. The van der Waals surface area contributed by atoms with Crippen LogP contribution < -0.4 is 5.32 Å². The number of hydrogen-bond donors (Lipinski definition) is 1. The van der Waals surface area contributed by atoms with Crippen molar-refractivity contribution in [3.8, 4) is 0 Å². The van der Waals surface area contributed by atoms with Gasteiger partial charge >= 0.3 is 0 Å². The van der Waals surface area contributed by atoms with Gasteiger partial charge in [-0.25, -0.2) is 0 Å². The van der Waals surface area contributed by atoms with Crippen LogP contribution in [0, 0.1) is 5.92 Å². The normalized spacial score (nSPS) is 12.3. The van der Waals surface area contributed by atoms with Gasteiger partial charge in [0.25, 0.3) is 5.91 Å². The van der Waals surface area contributed by atoms with E-state index in [2.05, 4.69) is 15.5 Å². The Hall–Kier alpha value is -1.44. The minimum atomic E-state index is -0.351. The van der Waals surface area contributed by atoms with Crippen molar-refractivity contribution in [3.05, 3.63) is 73.4 Å². The monoisotopic (exact) mass is 516 g/mol. The minimum absolute atomic E-state index is 0.0749. The number of hydrogen-bond acceptors (Lipinski definition) is 4. The zero-order valence-electron chi connectivity index (χ0n) is 17.0.